The molecular weight excluding hydrogens is 434 g/mol. The van der Waals surface area contributed by atoms with Crippen LogP contribution in [0.4, 0.5) is 26.3 Å². The minimum atomic E-state index is -4.59. The Morgan fingerprint density at radius 1 is 1.19 bits per heavy atom. The Kier molecular flexibility index (Phi) is 6.25. The van der Waals surface area contributed by atoms with Gasteiger partial charge in [0.05, 0.1) is 19.2 Å². The number of hydrogen-bond acceptors (Lipinski definition) is 6. The molecule has 31 heavy (non-hydrogen) atoms. The van der Waals surface area contributed by atoms with Crippen molar-refractivity contribution in [3.05, 3.63) is 36.2 Å². The average molecular weight is 450 g/mol. The third-order valence-corrected chi connectivity index (χ3v) is 4.21. The number of benzene rings is 1. The van der Waals surface area contributed by atoms with Gasteiger partial charge in [0, 0.05) is 30.9 Å². The summed E-state index contributed by atoms with van der Waals surface area (Å²) in [6, 6.07) is 3.03. The van der Waals surface area contributed by atoms with E-state index in [0.717, 1.165) is 34.0 Å². The van der Waals surface area contributed by atoms with Crippen LogP contribution >= 0.6 is 0 Å². The van der Waals surface area contributed by atoms with E-state index in [0.29, 0.717) is 0 Å². The number of halogens is 6. The first kappa shape index (κ1) is 22.6. The largest absolute Gasteiger partial charge is 0.497 e. The number of alkyl halides is 6. The third kappa shape index (κ3) is 6.20. The molecule has 0 amide bonds. The lowest BCUT2D eigenvalue weighted by atomic mass is 10.1. The smallest absolute Gasteiger partial charge is 0.416 e. The van der Waals surface area contributed by atoms with Crippen LogP contribution in [-0.4, -0.2) is 64.7 Å². The van der Waals surface area contributed by atoms with E-state index in [-0.39, 0.29) is 30.2 Å². The number of nitrogens with zero attached hydrogens (tertiary/aromatic N) is 4. The molecular formula is C18H16F6N4O3. The van der Waals surface area contributed by atoms with Crippen molar-refractivity contribution >= 4 is 12.2 Å². The van der Waals surface area contributed by atoms with E-state index in [1.165, 1.54) is 19.5 Å². The fourth-order valence-electron chi connectivity index (χ4n) is 2.81. The van der Waals surface area contributed by atoms with Crippen LogP contribution in [0.5, 0.6) is 5.75 Å². The Labute approximate surface area is 171 Å². The predicted molar refractivity (Wildman–Crippen MR) is 94.7 cm³/mol. The number of hydrogen-bond donors (Lipinski definition) is 0. The summed E-state index contributed by atoms with van der Waals surface area (Å²) < 4.78 is 86.8. The zero-order chi connectivity index (χ0) is 22.8. The molecule has 168 valence electrons. The van der Waals surface area contributed by atoms with E-state index in [9.17, 15) is 31.1 Å². The monoisotopic (exact) mass is 450 g/mol. The number of rotatable bonds is 6. The van der Waals surface area contributed by atoms with Crippen molar-refractivity contribution in [3.8, 4) is 17.1 Å². The number of methoxy groups -OCH3 is 1. The molecule has 0 radical (unpaired) electrons. The van der Waals surface area contributed by atoms with Crippen molar-refractivity contribution in [2.45, 2.75) is 18.5 Å². The second kappa shape index (κ2) is 8.57. The van der Waals surface area contributed by atoms with E-state index < -0.39 is 36.5 Å². The van der Waals surface area contributed by atoms with Crippen LogP contribution in [0.25, 0.3) is 17.6 Å². The first-order valence-electron chi connectivity index (χ1n) is 8.78. The van der Waals surface area contributed by atoms with E-state index in [4.69, 9.17) is 9.47 Å². The van der Waals surface area contributed by atoms with Crippen molar-refractivity contribution in [2.24, 2.45) is 0 Å². The lowest BCUT2D eigenvalue weighted by molar-refractivity contribution is -0.175. The maximum absolute atomic E-state index is 13.0. The number of carbonyl (C=O) groups excluding carboxylic acids is 1. The second-order valence-corrected chi connectivity index (χ2v) is 6.68. The van der Waals surface area contributed by atoms with Crippen LogP contribution in [0.3, 0.4) is 0 Å². The van der Waals surface area contributed by atoms with E-state index in [2.05, 4.69) is 10.1 Å². The van der Waals surface area contributed by atoms with Crippen LogP contribution in [-0.2, 0) is 15.7 Å². The van der Waals surface area contributed by atoms with Gasteiger partial charge in [0.1, 0.15) is 18.2 Å². The predicted octanol–water partition coefficient (Wildman–Crippen LogP) is 3.23. The first-order valence-corrected chi connectivity index (χ1v) is 8.78. The normalized spacial score (nSPS) is 15.8. The molecule has 0 unspecified atom stereocenters. The molecule has 0 N–H and O–H groups in total. The fourth-order valence-corrected chi connectivity index (χ4v) is 2.81. The second-order valence-electron chi connectivity index (χ2n) is 6.68. The average Bonchev–Trinajstić information content (AvgIpc) is 3.11. The molecule has 13 heteroatoms. The van der Waals surface area contributed by atoms with Crippen molar-refractivity contribution in [1.82, 2.24) is 19.7 Å². The summed E-state index contributed by atoms with van der Waals surface area (Å²) in [5, 5.41) is 3.97. The van der Waals surface area contributed by atoms with E-state index in [1.807, 2.05) is 0 Å². The van der Waals surface area contributed by atoms with Crippen LogP contribution in [0, 0.1) is 0 Å². The molecule has 0 atom stereocenters. The van der Waals surface area contributed by atoms with Crippen LogP contribution < -0.4 is 4.74 Å². The fraction of sp³-hybridized carbons (Fsp3) is 0.389. The summed E-state index contributed by atoms with van der Waals surface area (Å²) in [6.07, 6.45) is -6.24. The zero-order valence-electron chi connectivity index (χ0n) is 15.9. The van der Waals surface area contributed by atoms with Gasteiger partial charge in [-0.1, -0.05) is 0 Å². The highest BCUT2D eigenvalue weighted by atomic mass is 19.4. The molecule has 0 aliphatic carbocycles. The van der Waals surface area contributed by atoms with Gasteiger partial charge in [0.2, 0.25) is 0 Å². The Hall–Kier alpha value is -3.09. The maximum atomic E-state index is 13.0. The molecule has 7 nitrogen and oxygen atoms in total. The molecule has 2 heterocycles. The lowest BCUT2D eigenvalue weighted by Crippen LogP contribution is -2.55. The molecule has 1 saturated heterocycles. The first-order chi connectivity index (χ1) is 14.4. The van der Waals surface area contributed by atoms with Gasteiger partial charge >= 0.3 is 18.3 Å². The van der Waals surface area contributed by atoms with Crippen LogP contribution in [0.1, 0.15) is 5.56 Å². The summed E-state index contributed by atoms with van der Waals surface area (Å²) >= 11 is 0. The number of likely N-dealkylation sites (tertiary alicyclic amines) is 1. The lowest BCUT2D eigenvalue weighted by Gasteiger charge is -2.38. The summed E-state index contributed by atoms with van der Waals surface area (Å²) in [7, 11) is 1.23. The molecule has 0 saturated carbocycles. The molecule has 1 fully saturated rings. The number of carbonyl (C=O) groups is 1. The van der Waals surface area contributed by atoms with Crippen LogP contribution in [0.2, 0.25) is 0 Å². The van der Waals surface area contributed by atoms with Gasteiger partial charge in [0.25, 0.3) is 0 Å². The molecule has 0 bridgehead atoms. The van der Waals surface area contributed by atoms with Gasteiger partial charge in [-0.2, -0.15) is 26.3 Å². The highest BCUT2D eigenvalue weighted by Gasteiger charge is 2.38. The Balaban J connectivity index is 1.60. The molecule has 1 aromatic heterocycles. The molecule has 1 aromatic carbocycles. The molecule has 0 spiro atoms. The van der Waals surface area contributed by atoms with E-state index >= 15 is 0 Å². The number of aromatic nitrogens is 3. The number of ether oxygens (including phenoxy) is 2. The molecule has 1 aliphatic heterocycles. The summed E-state index contributed by atoms with van der Waals surface area (Å²) in [4.78, 5) is 16.8. The maximum Gasteiger partial charge on any atom is 0.416 e. The summed E-state index contributed by atoms with van der Waals surface area (Å²) in [5.41, 5.74) is -0.877. The standard InChI is InChI=1S/C18H16F6N4O3/c1-30-13-5-11(4-12(6-13)18(22,23)24)16-25-10-28(26-16)3-2-15(29)31-14-7-27(8-14)9-17(19,20)21/h2-6,10,14H,7-9H2,1H3/b3-2-. The van der Waals surface area contributed by atoms with Gasteiger partial charge in [-0.25, -0.2) is 14.5 Å². The minimum absolute atomic E-state index is 0.0239. The minimum Gasteiger partial charge on any atom is -0.497 e. The van der Waals surface area contributed by atoms with Crippen molar-refractivity contribution < 1.29 is 40.6 Å². The summed E-state index contributed by atoms with van der Waals surface area (Å²) in [5.74, 6) is -0.862. The zero-order valence-corrected chi connectivity index (χ0v) is 15.9. The topological polar surface area (TPSA) is 69.5 Å². The Morgan fingerprint density at radius 2 is 1.90 bits per heavy atom. The van der Waals surface area contributed by atoms with Crippen molar-refractivity contribution in [3.63, 3.8) is 0 Å². The van der Waals surface area contributed by atoms with Gasteiger partial charge in [-0.05, 0) is 18.2 Å². The van der Waals surface area contributed by atoms with Gasteiger partial charge < -0.3 is 9.47 Å². The molecule has 1 aliphatic rings. The van der Waals surface area contributed by atoms with Gasteiger partial charge in [0.15, 0.2) is 5.82 Å². The third-order valence-electron chi connectivity index (χ3n) is 4.21. The molecule has 3 rings (SSSR count). The van der Waals surface area contributed by atoms with Crippen molar-refractivity contribution in [2.75, 3.05) is 26.7 Å². The van der Waals surface area contributed by atoms with Gasteiger partial charge in [-0.3, -0.25) is 4.90 Å². The van der Waals surface area contributed by atoms with E-state index in [1.54, 1.807) is 0 Å². The summed E-state index contributed by atoms with van der Waals surface area (Å²) in [6.45, 7) is -1.12. The van der Waals surface area contributed by atoms with Crippen molar-refractivity contribution in [1.29, 1.82) is 0 Å². The van der Waals surface area contributed by atoms with Gasteiger partial charge in [-0.15, -0.1) is 5.10 Å². The Morgan fingerprint density at radius 3 is 2.52 bits per heavy atom. The number of esters is 1. The highest BCUT2D eigenvalue weighted by molar-refractivity contribution is 5.85. The quantitative estimate of drug-likeness (QED) is 0.383. The SMILES string of the molecule is COc1cc(-c2ncn(/C=C\C(=O)OC3CN(CC(F)(F)F)C3)n2)cc(C(F)(F)F)c1. The Bertz CT molecular complexity index is 964. The van der Waals surface area contributed by atoms with Crippen LogP contribution in [0.15, 0.2) is 30.6 Å². The highest BCUT2D eigenvalue weighted by Crippen LogP contribution is 2.34. The molecule has 2 aromatic rings.